The molecule has 3 aromatic rings. The molecule has 0 saturated heterocycles. The molecule has 0 N–H and O–H groups in total. The standard InChI is InChI=1S/C22H27N3OSi/c1-21(2,3)27-26-22(4,5)18-11-12-24-14-17(18)20-16(13-23)15-9-7-8-10-19(15)25(20)6/h7-12,14H,27H2,1-6H3. The number of hydrogen-bond donors (Lipinski definition) is 0. The average molecular weight is 378 g/mol. The quantitative estimate of drug-likeness (QED) is 0.621. The second-order valence-corrected chi connectivity index (χ2v) is 11.4. The van der Waals surface area contributed by atoms with Crippen LogP contribution in [-0.2, 0) is 17.1 Å². The molecule has 3 rings (SSSR count). The molecule has 0 aliphatic heterocycles. The van der Waals surface area contributed by atoms with Crippen LogP contribution in [0.4, 0.5) is 0 Å². The highest BCUT2D eigenvalue weighted by Crippen LogP contribution is 2.39. The van der Waals surface area contributed by atoms with Crippen LogP contribution >= 0.6 is 0 Å². The molecular formula is C22H27N3OSi. The Balaban J connectivity index is 2.20. The van der Waals surface area contributed by atoms with Gasteiger partial charge >= 0.3 is 0 Å². The first-order chi connectivity index (χ1) is 12.7. The summed E-state index contributed by atoms with van der Waals surface area (Å²) in [6, 6.07) is 12.4. The third kappa shape index (κ3) is 3.69. The summed E-state index contributed by atoms with van der Waals surface area (Å²) in [4.78, 5) is 4.36. The summed E-state index contributed by atoms with van der Waals surface area (Å²) in [5.74, 6) is 0. The first-order valence-corrected chi connectivity index (χ1v) is 10.5. The highest BCUT2D eigenvalue weighted by atomic mass is 28.2. The van der Waals surface area contributed by atoms with E-state index < -0.39 is 15.4 Å². The molecule has 0 spiro atoms. The van der Waals surface area contributed by atoms with Gasteiger partial charge in [-0.05, 0) is 36.6 Å². The normalized spacial score (nSPS) is 12.8. The Bertz CT molecular complexity index is 1020. The largest absolute Gasteiger partial charge is 0.415 e. The minimum Gasteiger partial charge on any atom is -0.415 e. The minimum absolute atomic E-state index is 0.210. The molecule has 140 valence electrons. The van der Waals surface area contributed by atoms with Gasteiger partial charge < -0.3 is 8.99 Å². The van der Waals surface area contributed by atoms with Gasteiger partial charge in [0.15, 0.2) is 9.76 Å². The van der Waals surface area contributed by atoms with Crippen molar-refractivity contribution in [2.24, 2.45) is 7.05 Å². The third-order valence-corrected chi connectivity index (χ3v) is 6.54. The topological polar surface area (TPSA) is 50.8 Å². The molecule has 0 unspecified atom stereocenters. The van der Waals surface area contributed by atoms with E-state index in [1.54, 1.807) is 6.20 Å². The van der Waals surface area contributed by atoms with E-state index in [9.17, 15) is 5.26 Å². The molecule has 0 radical (unpaired) electrons. The molecule has 0 atom stereocenters. The average Bonchev–Trinajstić information content (AvgIpc) is 2.92. The van der Waals surface area contributed by atoms with Crippen molar-refractivity contribution in [2.75, 3.05) is 0 Å². The van der Waals surface area contributed by atoms with Crippen molar-refractivity contribution in [3.63, 3.8) is 0 Å². The Morgan fingerprint density at radius 2 is 1.81 bits per heavy atom. The summed E-state index contributed by atoms with van der Waals surface area (Å²) in [6.07, 6.45) is 3.66. The number of hydrogen-bond acceptors (Lipinski definition) is 3. The van der Waals surface area contributed by atoms with E-state index >= 15 is 0 Å². The second kappa shape index (κ2) is 6.95. The zero-order valence-electron chi connectivity index (χ0n) is 17.0. The van der Waals surface area contributed by atoms with Crippen molar-refractivity contribution >= 4 is 20.7 Å². The van der Waals surface area contributed by atoms with Gasteiger partial charge in [0.25, 0.3) is 0 Å². The summed E-state index contributed by atoms with van der Waals surface area (Å²) < 4.78 is 8.54. The Morgan fingerprint density at radius 3 is 2.48 bits per heavy atom. The number of nitrogens with zero attached hydrogens (tertiary/aromatic N) is 3. The van der Waals surface area contributed by atoms with E-state index in [1.165, 1.54) is 0 Å². The molecule has 0 fully saturated rings. The van der Waals surface area contributed by atoms with Crippen LogP contribution < -0.4 is 0 Å². The van der Waals surface area contributed by atoms with Gasteiger partial charge in [0, 0.05) is 35.9 Å². The molecule has 0 bridgehead atoms. The fourth-order valence-corrected chi connectivity index (χ4v) is 4.35. The molecule has 0 aliphatic carbocycles. The molecule has 5 heteroatoms. The van der Waals surface area contributed by atoms with Gasteiger partial charge in [-0.1, -0.05) is 39.0 Å². The van der Waals surface area contributed by atoms with Crippen molar-refractivity contribution in [3.8, 4) is 17.3 Å². The van der Waals surface area contributed by atoms with Crippen LogP contribution in [0, 0.1) is 11.3 Å². The van der Waals surface area contributed by atoms with E-state index in [0.29, 0.717) is 5.56 Å². The van der Waals surface area contributed by atoms with Crippen LogP contribution in [0.1, 0.15) is 45.7 Å². The molecule has 0 saturated carbocycles. The van der Waals surface area contributed by atoms with Crippen LogP contribution in [0.25, 0.3) is 22.2 Å². The van der Waals surface area contributed by atoms with Gasteiger partial charge in [-0.2, -0.15) is 5.26 Å². The Hall–Kier alpha value is -2.42. The maximum absolute atomic E-state index is 9.89. The fraction of sp³-hybridized carbons (Fsp3) is 0.364. The van der Waals surface area contributed by atoms with Crippen LogP contribution in [0.5, 0.6) is 0 Å². The molecule has 4 nitrogen and oxygen atoms in total. The van der Waals surface area contributed by atoms with Crippen molar-refractivity contribution in [1.29, 1.82) is 5.26 Å². The van der Waals surface area contributed by atoms with Crippen LogP contribution in [0.2, 0.25) is 5.04 Å². The first kappa shape index (κ1) is 19.3. The number of para-hydroxylation sites is 1. The van der Waals surface area contributed by atoms with Gasteiger partial charge in [0.1, 0.15) is 6.07 Å². The summed E-state index contributed by atoms with van der Waals surface area (Å²) in [6.45, 7) is 10.9. The maximum atomic E-state index is 9.89. The summed E-state index contributed by atoms with van der Waals surface area (Å²) in [7, 11) is 1.27. The summed E-state index contributed by atoms with van der Waals surface area (Å²) in [5.41, 5.74) is 4.21. The molecule has 2 heterocycles. The highest BCUT2D eigenvalue weighted by molar-refractivity contribution is 6.31. The van der Waals surface area contributed by atoms with Gasteiger partial charge in [-0.25, -0.2) is 0 Å². The van der Waals surface area contributed by atoms with Crippen LogP contribution in [0.15, 0.2) is 42.7 Å². The molecular weight excluding hydrogens is 350 g/mol. The molecule has 1 aromatic carbocycles. The van der Waals surface area contributed by atoms with Gasteiger partial charge in [0.05, 0.1) is 16.9 Å². The third-order valence-electron chi connectivity index (χ3n) is 4.81. The van der Waals surface area contributed by atoms with Crippen molar-refractivity contribution in [1.82, 2.24) is 9.55 Å². The highest BCUT2D eigenvalue weighted by Gasteiger charge is 2.29. The number of nitriles is 1. The first-order valence-electron chi connectivity index (χ1n) is 9.22. The number of rotatable bonds is 4. The zero-order chi connectivity index (χ0) is 19.8. The minimum atomic E-state index is -0.735. The van der Waals surface area contributed by atoms with Gasteiger partial charge in [0.2, 0.25) is 0 Å². The van der Waals surface area contributed by atoms with Gasteiger partial charge in [-0.15, -0.1) is 0 Å². The summed E-state index contributed by atoms with van der Waals surface area (Å²) >= 11 is 0. The number of pyridine rings is 1. The predicted molar refractivity (Wildman–Crippen MR) is 113 cm³/mol. The van der Waals surface area contributed by atoms with E-state index in [0.717, 1.165) is 27.7 Å². The van der Waals surface area contributed by atoms with Crippen molar-refractivity contribution in [3.05, 3.63) is 53.9 Å². The number of fused-ring (bicyclic) bond motifs is 1. The number of aromatic nitrogens is 2. The summed E-state index contributed by atoms with van der Waals surface area (Å²) in [5, 5.41) is 11.1. The SMILES string of the molecule is Cn1c(-c2cnccc2C(C)(C)O[SiH2]C(C)(C)C)c(C#N)c2ccccc21. The Labute approximate surface area is 163 Å². The number of benzene rings is 1. The Kier molecular flexibility index (Phi) is 4.98. The molecule has 27 heavy (non-hydrogen) atoms. The lowest BCUT2D eigenvalue weighted by Gasteiger charge is -2.32. The van der Waals surface area contributed by atoms with E-state index in [1.807, 2.05) is 43.6 Å². The van der Waals surface area contributed by atoms with Crippen molar-refractivity contribution in [2.45, 2.75) is 45.3 Å². The zero-order valence-corrected chi connectivity index (χ0v) is 18.4. The predicted octanol–water partition coefficient (Wildman–Crippen LogP) is 4.67. The lowest BCUT2D eigenvalue weighted by molar-refractivity contribution is 0.110. The molecule has 0 aliphatic rings. The van der Waals surface area contributed by atoms with E-state index in [-0.39, 0.29) is 5.04 Å². The molecule has 2 aromatic heterocycles. The molecule has 0 amide bonds. The van der Waals surface area contributed by atoms with E-state index in [4.69, 9.17) is 4.43 Å². The fourth-order valence-electron chi connectivity index (χ4n) is 3.40. The monoisotopic (exact) mass is 377 g/mol. The van der Waals surface area contributed by atoms with Crippen LogP contribution in [0.3, 0.4) is 0 Å². The lowest BCUT2D eigenvalue weighted by atomic mass is 9.92. The van der Waals surface area contributed by atoms with E-state index in [2.05, 4.69) is 50.2 Å². The van der Waals surface area contributed by atoms with Crippen molar-refractivity contribution < 1.29 is 4.43 Å². The maximum Gasteiger partial charge on any atom is 0.168 e. The lowest BCUT2D eigenvalue weighted by Crippen LogP contribution is -2.28. The second-order valence-electron chi connectivity index (χ2n) is 8.69. The van der Waals surface area contributed by atoms with Gasteiger partial charge in [-0.3, -0.25) is 4.98 Å². The van der Waals surface area contributed by atoms with Crippen LogP contribution in [-0.4, -0.2) is 19.3 Å². The Morgan fingerprint density at radius 1 is 1.11 bits per heavy atom. The number of aryl methyl sites for hydroxylation is 1. The smallest absolute Gasteiger partial charge is 0.168 e.